The Bertz CT molecular complexity index is 839. The van der Waals surface area contributed by atoms with Gasteiger partial charge in [-0.05, 0) is 42.8 Å². The van der Waals surface area contributed by atoms with Crippen LogP contribution in [0.2, 0.25) is 0 Å². The van der Waals surface area contributed by atoms with Crippen molar-refractivity contribution in [2.45, 2.75) is 26.3 Å². The molecule has 3 rings (SSSR count). The predicted octanol–water partition coefficient (Wildman–Crippen LogP) is 3.26. The molecular formula is C18H19FN4O2. The van der Waals surface area contributed by atoms with E-state index in [1.807, 2.05) is 6.07 Å². The Morgan fingerprint density at radius 1 is 1.28 bits per heavy atom. The second-order valence-corrected chi connectivity index (χ2v) is 5.65. The van der Waals surface area contributed by atoms with Crippen LogP contribution >= 0.6 is 0 Å². The van der Waals surface area contributed by atoms with Gasteiger partial charge in [0.2, 0.25) is 11.7 Å². The molecule has 0 saturated heterocycles. The zero-order valence-electron chi connectivity index (χ0n) is 13.9. The highest BCUT2D eigenvalue weighted by Gasteiger charge is 2.15. The first-order valence-electron chi connectivity index (χ1n) is 8.19. The van der Waals surface area contributed by atoms with Crippen LogP contribution in [0.4, 0.5) is 4.39 Å². The number of halogens is 1. The molecule has 0 fully saturated rings. The first-order valence-corrected chi connectivity index (χ1v) is 8.19. The standard InChI is InChI=1S/C18H19FN4O2/c1-2-3-10-20-16(24)12-23-11-4-5-15(23)18-21-17(22-25-18)13-6-8-14(19)9-7-13/h4-9,11H,2-3,10,12H2,1H3,(H,20,24). The van der Waals surface area contributed by atoms with Gasteiger partial charge in [0.15, 0.2) is 0 Å². The lowest BCUT2D eigenvalue weighted by molar-refractivity contribution is -0.121. The summed E-state index contributed by atoms with van der Waals surface area (Å²) in [4.78, 5) is 16.3. The van der Waals surface area contributed by atoms with Gasteiger partial charge in [0, 0.05) is 18.3 Å². The maximum atomic E-state index is 13.0. The molecule has 1 aromatic carbocycles. The zero-order chi connectivity index (χ0) is 17.6. The summed E-state index contributed by atoms with van der Waals surface area (Å²) in [7, 11) is 0. The fraction of sp³-hybridized carbons (Fsp3) is 0.278. The lowest BCUT2D eigenvalue weighted by Gasteiger charge is -2.07. The van der Waals surface area contributed by atoms with Crippen molar-refractivity contribution in [2.24, 2.45) is 0 Å². The number of rotatable bonds is 7. The monoisotopic (exact) mass is 342 g/mol. The molecule has 0 aliphatic rings. The van der Waals surface area contributed by atoms with Crippen LogP contribution in [0.5, 0.6) is 0 Å². The summed E-state index contributed by atoms with van der Waals surface area (Å²) in [6, 6.07) is 9.48. The van der Waals surface area contributed by atoms with Crippen molar-refractivity contribution in [1.82, 2.24) is 20.0 Å². The van der Waals surface area contributed by atoms with Crippen LogP contribution in [-0.2, 0) is 11.3 Å². The van der Waals surface area contributed by atoms with Crippen molar-refractivity contribution < 1.29 is 13.7 Å². The highest BCUT2D eigenvalue weighted by Crippen LogP contribution is 2.22. The summed E-state index contributed by atoms with van der Waals surface area (Å²) in [5.74, 6) is 0.292. The molecule has 2 aromatic heterocycles. The minimum atomic E-state index is -0.324. The number of amides is 1. The molecule has 3 aromatic rings. The first kappa shape index (κ1) is 16.9. The summed E-state index contributed by atoms with van der Waals surface area (Å²) in [6.07, 6.45) is 3.77. The third-order valence-corrected chi connectivity index (χ3v) is 3.74. The fourth-order valence-corrected chi connectivity index (χ4v) is 2.41. The average molecular weight is 342 g/mol. The summed E-state index contributed by atoms with van der Waals surface area (Å²) in [5.41, 5.74) is 1.32. The number of nitrogens with one attached hydrogen (secondary N) is 1. The third-order valence-electron chi connectivity index (χ3n) is 3.74. The first-order chi connectivity index (χ1) is 12.2. The quantitative estimate of drug-likeness (QED) is 0.669. The SMILES string of the molecule is CCCCNC(=O)Cn1cccc1-c1nc(-c2ccc(F)cc2)no1. The van der Waals surface area contributed by atoms with E-state index in [4.69, 9.17) is 4.52 Å². The maximum absolute atomic E-state index is 13.0. The molecule has 0 aliphatic carbocycles. The molecule has 1 N–H and O–H groups in total. The van der Waals surface area contributed by atoms with E-state index in [1.54, 1.807) is 29.0 Å². The second-order valence-electron chi connectivity index (χ2n) is 5.65. The van der Waals surface area contributed by atoms with Gasteiger partial charge in [0.05, 0.1) is 0 Å². The lowest BCUT2D eigenvalue weighted by atomic mass is 10.2. The number of benzene rings is 1. The number of hydrogen-bond donors (Lipinski definition) is 1. The van der Waals surface area contributed by atoms with Crippen LogP contribution in [0.3, 0.4) is 0 Å². The summed E-state index contributed by atoms with van der Waals surface area (Å²) >= 11 is 0. The molecule has 0 saturated carbocycles. The molecule has 0 atom stereocenters. The number of nitrogens with zero attached hydrogens (tertiary/aromatic N) is 3. The summed E-state index contributed by atoms with van der Waals surface area (Å²) in [6.45, 7) is 2.92. The minimum absolute atomic E-state index is 0.0656. The van der Waals surface area contributed by atoms with Crippen LogP contribution < -0.4 is 5.32 Å². The fourth-order valence-electron chi connectivity index (χ4n) is 2.41. The van der Waals surface area contributed by atoms with E-state index in [9.17, 15) is 9.18 Å². The van der Waals surface area contributed by atoms with Crippen molar-refractivity contribution in [1.29, 1.82) is 0 Å². The van der Waals surface area contributed by atoms with Crippen LogP contribution in [-0.4, -0.2) is 27.2 Å². The van der Waals surface area contributed by atoms with Gasteiger partial charge in [-0.3, -0.25) is 4.79 Å². The number of aromatic nitrogens is 3. The molecule has 0 spiro atoms. The second kappa shape index (κ2) is 7.74. The molecule has 0 bridgehead atoms. The van der Waals surface area contributed by atoms with E-state index in [-0.39, 0.29) is 18.3 Å². The summed E-state index contributed by atoms with van der Waals surface area (Å²) in [5, 5.41) is 6.81. The van der Waals surface area contributed by atoms with Gasteiger partial charge < -0.3 is 14.4 Å². The van der Waals surface area contributed by atoms with Crippen molar-refractivity contribution in [2.75, 3.05) is 6.54 Å². The van der Waals surface area contributed by atoms with E-state index in [0.29, 0.717) is 29.5 Å². The number of carbonyl (C=O) groups excluding carboxylic acids is 1. The molecule has 0 radical (unpaired) electrons. The van der Waals surface area contributed by atoms with Crippen LogP contribution in [0.1, 0.15) is 19.8 Å². The summed E-state index contributed by atoms with van der Waals surface area (Å²) < 4.78 is 20.1. The molecule has 0 aliphatic heterocycles. The highest BCUT2D eigenvalue weighted by atomic mass is 19.1. The van der Waals surface area contributed by atoms with Crippen molar-refractivity contribution >= 4 is 5.91 Å². The van der Waals surface area contributed by atoms with Crippen molar-refractivity contribution in [3.63, 3.8) is 0 Å². The van der Waals surface area contributed by atoms with Gasteiger partial charge in [-0.1, -0.05) is 18.5 Å². The smallest absolute Gasteiger partial charge is 0.274 e. The maximum Gasteiger partial charge on any atom is 0.274 e. The Morgan fingerprint density at radius 2 is 2.08 bits per heavy atom. The number of unbranched alkanes of at least 4 members (excludes halogenated alkanes) is 1. The molecule has 6 nitrogen and oxygen atoms in total. The Morgan fingerprint density at radius 3 is 2.84 bits per heavy atom. The van der Waals surface area contributed by atoms with Crippen molar-refractivity contribution in [3.8, 4) is 23.0 Å². The Balaban J connectivity index is 1.74. The average Bonchev–Trinajstić information content (AvgIpc) is 3.25. The van der Waals surface area contributed by atoms with Crippen LogP contribution in [0.25, 0.3) is 23.0 Å². The zero-order valence-corrected chi connectivity index (χ0v) is 13.9. The highest BCUT2D eigenvalue weighted by molar-refractivity contribution is 5.76. The number of hydrogen-bond acceptors (Lipinski definition) is 4. The van der Waals surface area contributed by atoms with Gasteiger partial charge in [-0.25, -0.2) is 4.39 Å². The predicted molar refractivity (Wildman–Crippen MR) is 91.0 cm³/mol. The largest absolute Gasteiger partial charge is 0.355 e. The normalized spacial score (nSPS) is 10.8. The van der Waals surface area contributed by atoms with Gasteiger partial charge in [0.25, 0.3) is 5.89 Å². The van der Waals surface area contributed by atoms with Gasteiger partial charge in [-0.2, -0.15) is 4.98 Å². The molecule has 0 unspecified atom stereocenters. The molecule has 1 amide bonds. The van der Waals surface area contributed by atoms with Crippen molar-refractivity contribution in [3.05, 3.63) is 48.4 Å². The number of carbonyl (C=O) groups is 1. The molecule has 2 heterocycles. The van der Waals surface area contributed by atoms with E-state index in [0.717, 1.165) is 12.8 Å². The Kier molecular flexibility index (Phi) is 5.23. The van der Waals surface area contributed by atoms with E-state index >= 15 is 0 Å². The van der Waals surface area contributed by atoms with Gasteiger partial charge in [0.1, 0.15) is 18.1 Å². The minimum Gasteiger partial charge on any atom is -0.355 e. The molecule has 7 heteroatoms. The molecule has 25 heavy (non-hydrogen) atoms. The van der Waals surface area contributed by atoms with Gasteiger partial charge >= 0.3 is 0 Å². The van der Waals surface area contributed by atoms with E-state index < -0.39 is 0 Å². The van der Waals surface area contributed by atoms with Crippen LogP contribution in [0, 0.1) is 5.82 Å². The Hall–Kier alpha value is -2.96. The Labute approximate surface area is 144 Å². The molecular weight excluding hydrogens is 323 g/mol. The van der Waals surface area contributed by atoms with Crippen LogP contribution in [0.15, 0.2) is 47.1 Å². The topological polar surface area (TPSA) is 73.0 Å². The third kappa shape index (κ3) is 4.12. The van der Waals surface area contributed by atoms with Gasteiger partial charge in [-0.15, -0.1) is 0 Å². The van der Waals surface area contributed by atoms with E-state index in [2.05, 4.69) is 22.4 Å². The molecule has 130 valence electrons. The van der Waals surface area contributed by atoms with E-state index in [1.165, 1.54) is 12.1 Å². The lowest BCUT2D eigenvalue weighted by Crippen LogP contribution is -2.28.